The van der Waals surface area contributed by atoms with Gasteiger partial charge in [0.25, 0.3) is 0 Å². The van der Waals surface area contributed by atoms with Crippen LogP contribution in [-0.2, 0) is 0 Å². The minimum atomic E-state index is 0.794. The molecule has 0 saturated heterocycles. The highest BCUT2D eigenvalue weighted by Gasteiger charge is 1.95. The molecular weight excluding hydrogens is 134 g/mol. The molecule has 46 valence electrons. The first kappa shape index (κ1) is 6.12. The molecule has 1 aromatic heterocycles. The fourth-order valence-electron chi connectivity index (χ4n) is 0.540. The molecule has 2 nitrogen and oxygen atoms in total. The third kappa shape index (κ3) is 1.44. The van der Waals surface area contributed by atoms with Gasteiger partial charge in [0, 0.05) is 9.89 Å². The lowest BCUT2D eigenvalue weighted by Crippen LogP contribution is -1.52. The molecule has 1 rings (SSSR count). The Morgan fingerprint density at radius 2 is 2.44 bits per heavy atom. The van der Waals surface area contributed by atoms with E-state index >= 15 is 0 Å². The zero-order valence-electron chi connectivity index (χ0n) is 4.92. The number of nitrogens with zero attached hydrogens (tertiary/aromatic N) is 1. The van der Waals surface area contributed by atoms with Crippen molar-refractivity contribution in [2.45, 2.75) is 6.92 Å². The lowest BCUT2D eigenvalue weighted by molar-refractivity contribution is 1.64. The molecule has 0 saturated carbocycles. The maximum absolute atomic E-state index is 9.63. The van der Waals surface area contributed by atoms with Crippen molar-refractivity contribution in [3.63, 3.8) is 0 Å². The standard InChI is InChI=1S/C6H5NOS/c1-5-2-3-6(9-5)4-7-8/h2-3H,1H3. The van der Waals surface area contributed by atoms with Crippen molar-refractivity contribution in [3.05, 3.63) is 32.1 Å². The summed E-state index contributed by atoms with van der Waals surface area (Å²) in [6, 6.07) is 6.07. The van der Waals surface area contributed by atoms with Gasteiger partial charge >= 0.3 is 6.07 Å². The highest BCUT2D eigenvalue weighted by atomic mass is 32.1. The summed E-state index contributed by atoms with van der Waals surface area (Å²) in [5.74, 6) is 0. The summed E-state index contributed by atoms with van der Waals surface area (Å²) in [7, 11) is 0. The van der Waals surface area contributed by atoms with Crippen LogP contribution in [0.3, 0.4) is 0 Å². The fourth-order valence-corrected chi connectivity index (χ4v) is 1.24. The van der Waals surface area contributed by atoms with Crippen LogP contribution in [0, 0.1) is 18.2 Å². The van der Waals surface area contributed by atoms with Crippen LogP contribution in [0.4, 0.5) is 0 Å². The molecule has 0 spiro atoms. The van der Waals surface area contributed by atoms with Gasteiger partial charge in [-0.15, -0.1) is 11.3 Å². The van der Waals surface area contributed by atoms with E-state index in [0.717, 1.165) is 4.88 Å². The van der Waals surface area contributed by atoms with Crippen molar-refractivity contribution < 1.29 is 0 Å². The molecule has 0 aliphatic heterocycles. The van der Waals surface area contributed by atoms with E-state index in [4.69, 9.17) is 0 Å². The Kier molecular flexibility index (Phi) is 1.71. The van der Waals surface area contributed by atoms with Crippen LogP contribution in [0.2, 0.25) is 0 Å². The van der Waals surface area contributed by atoms with E-state index in [1.807, 2.05) is 19.1 Å². The first-order chi connectivity index (χ1) is 4.33. The molecule has 0 atom stereocenters. The largest absolute Gasteiger partial charge is 0.498 e. The zero-order chi connectivity index (χ0) is 6.69. The maximum Gasteiger partial charge on any atom is 0.347 e. The Morgan fingerprint density at radius 1 is 1.67 bits per heavy atom. The van der Waals surface area contributed by atoms with E-state index in [9.17, 15) is 5.21 Å². The van der Waals surface area contributed by atoms with Crippen molar-refractivity contribution in [3.8, 4) is 6.07 Å². The Morgan fingerprint density at radius 3 is 2.89 bits per heavy atom. The third-order valence-corrected chi connectivity index (χ3v) is 1.80. The highest BCUT2D eigenvalue weighted by molar-refractivity contribution is 7.12. The summed E-state index contributed by atoms with van der Waals surface area (Å²) in [5.41, 5.74) is 0. The minimum Gasteiger partial charge on any atom is -0.498 e. The lowest BCUT2D eigenvalue weighted by Gasteiger charge is -1.68. The van der Waals surface area contributed by atoms with E-state index in [2.05, 4.69) is 11.1 Å². The summed E-state index contributed by atoms with van der Waals surface area (Å²) in [4.78, 5) is 1.96. The molecule has 0 aliphatic rings. The summed E-state index contributed by atoms with van der Waals surface area (Å²) >= 11 is 1.51. The van der Waals surface area contributed by atoms with Crippen LogP contribution in [0.25, 0.3) is 5.01 Å². The van der Waals surface area contributed by atoms with Gasteiger partial charge in [-0.25, -0.2) is 0 Å². The van der Waals surface area contributed by atoms with Crippen molar-refractivity contribution >= 4 is 11.3 Å². The number of hydrogen-bond donors (Lipinski definition) is 0. The van der Waals surface area contributed by atoms with Crippen LogP contribution >= 0.6 is 11.3 Å². The molecular formula is C6H5NOS. The minimum absolute atomic E-state index is 0.794. The predicted molar refractivity (Wildman–Crippen MR) is 38.8 cm³/mol. The quantitative estimate of drug-likeness (QED) is 0.506. The van der Waals surface area contributed by atoms with Gasteiger partial charge in [0.15, 0.2) is 4.88 Å². The van der Waals surface area contributed by atoms with Crippen molar-refractivity contribution in [2.75, 3.05) is 0 Å². The van der Waals surface area contributed by atoms with E-state index in [-0.39, 0.29) is 0 Å². The molecule has 0 radical (unpaired) electrons. The van der Waals surface area contributed by atoms with Gasteiger partial charge in [-0.1, -0.05) is 0 Å². The van der Waals surface area contributed by atoms with E-state index in [1.165, 1.54) is 16.2 Å². The van der Waals surface area contributed by atoms with Gasteiger partial charge < -0.3 is 5.21 Å². The Labute approximate surface area is 57.2 Å². The second-order valence-corrected chi connectivity index (χ2v) is 2.90. The highest BCUT2D eigenvalue weighted by Crippen LogP contribution is 2.12. The SMILES string of the molecule is Cc1ccc(C#[N+][O-])s1. The van der Waals surface area contributed by atoms with Gasteiger partial charge in [0.1, 0.15) is 0 Å². The van der Waals surface area contributed by atoms with Gasteiger partial charge in [-0.3, -0.25) is 0 Å². The third-order valence-electron chi connectivity index (χ3n) is 0.896. The van der Waals surface area contributed by atoms with E-state index in [1.54, 1.807) is 0 Å². The van der Waals surface area contributed by atoms with E-state index < -0.39 is 0 Å². The van der Waals surface area contributed by atoms with Gasteiger partial charge in [-0.2, -0.15) is 0 Å². The molecule has 9 heavy (non-hydrogen) atoms. The van der Waals surface area contributed by atoms with Crippen LogP contribution in [0.1, 0.15) is 9.75 Å². The van der Waals surface area contributed by atoms with Crippen LogP contribution < -0.4 is 0 Å². The number of aryl methyl sites for hydroxylation is 1. The smallest absolute Gasteiger partial charge is 0.347 e. The average molecular weight is 139 g/mol. The topological polar surface area (TPSA) is 27.4 Å². The molecule has 0 unspecified atom stereocenters. The summed E-state index contributed by atoms with van der Waals surface area (Å²) < 4.78 is 0. The summed E-state index contributed by atoms with van der Waals surface area (Å²) in [5, 5.41) is 12.2. The first-order valence-electron chi connectivity index (χ1n) is 2.48. The molecule has 0 aliphatic carbocycles. The fraction of sp³-hybridized carbons (Fsp3) is 0.167. The zero-order valence-corrected chi connectivity index (χ0v) is 5.73. The molecule has 1 heterocycles. The Balaban J connectivity index is 2.93. The molecule has 3 heteroatoms. The van der Waals surface area contributed by atoms with E-state index in [0.29, 0.717) is 0 Å². The van der Waals surface area contributed by atoms with Crippen LogP contribution in [0.5, 0.6) is 0 Å². The summed E-state index contributed by atoms with van der Waals surface area (Å²) in [6.45, 7) is 1.97. The number of rotatable bonds is 0. The predicted octanol–water partition coefficient (Wildman–Crippen LogP) is 2.24. The average Bonchev–Trinajstić information content (AvgIpc) is 2.17. The molecule has 1 aromatic rings. The lowest BCUT2D eigenvalue weighted by atomic mass is 10.5. The molecule has 0 fully saturated rings. The molecule has 0 amide bonds. The maximum atomic E-state index is 9.63. The molecule has 0 bridgehead atoms. The second kappa shape index (κ2) is 2.51. The normalized spacial score (nSPS) is 8.11. The number of thiophene rings is 1. The van der Waals surface area contributed by atoms with Crippen LogP contribution in [-0.4, -0.2) is 0 Å². The number of hydrogen-bond acceptors (Lipinski definition) is 2. The Hall–Kier alpha value is -1.01. The van der Waals surface area contributed by atoms with Crippen molar-refractivity contribution in [1.82, 2.24) is 0 Å². The second-order valence-electron chi connectivity index (χ2n) is 1.61. The van der Waals surface area contributed by atoms with Gasteiger partial charge in [0.05, 0.1) is 0 Å². The van der Waals surface area contributed by atoms with Gasteiger partial charge in [0.2, 0.25) is 0 Å². The van der Waals surface area contributed by atoms with Crippen molar-refractivity contribution in [2.24, 2.45) is 0 Å². The van der Waals surface area contributed by atoms with Crippen molar-refractivity contribution in [1.29, 1.82) is 0 Å². The molecule has 0 aromatic carbocycles. The monoisotopic (exact) mass is 139 g/mol. The first-order valence-corrected chi connectivity index (χ1v) is 3.29. The molecule has 0 N–H and O–H groups in total. The van der Waals surface area contributed by atoms with Gasteiger partial charge in [-0.05, 0) is 19.1 Å². The Bertz CT molecular complexity index is 256. The summed E-state index contributed by atoms with van der Waals surface area (Å²) in [6.07, 6.45) is 0. The van der Waals surface area contributed by atoms with Crippen LogP contribution in [0.15, 0.2) is 12.1 Å².